The van der Waals surface area contributed by atoms with Crippen molar-refractivity contribution in [3.05, 3.63) is 70.4 Å². The van der Waals surface area contributed by atoms with E-state index in [0.717, 1.165) is 23.6 Å². The van der Waals surface area contributed by atoms with Crippen LogP contribution in [0.15, 0.2) is 58.7 Å². The van der Waals surface area contributed by atoms with Crippen LogP contribution >= 0.6 is 11.8 Å². The molecular formula is C23H25NO3S. The Balaban J connectivity index is 1.47. The van der Waals surface area contributed by atoms with E-state index in [1.54, 1.807) is 17.8 Å². The number of benzene rings is 2. The summed E-state index contributed by atoms with van der Waals surface area (Å²) in [7, 11) is 0. The molecule has 146 valence electrons. The molecule has 3 rings (SSSR count). The molecule has 28 heavy (non-hydrogen) atoms. The first kappa shape index (κ1) is 20.2. The predicted octanol–water partition coefficient (Wildman–Crippen LogP) is 4.81. The largest absolute Gasteiger partial charge is 0.508 e. The van der Waals surface area contributed by atoms with Crippen molar-refractivity contribution >= 4 is 23.3 Å². The minimum absolute atomic E-state index is 0.0222. The van der Waals surface area contributed by atoms with E-state index in [4.69, 9.17) is 4.99 Å². The summed E-state index contributed by atoms with van der Waals surface area (Å²) in [6.45, 7) is 4.19. The van der Waals surface area contributed by atoms with Gasteiger partial charge in [-0.25, -0.2) is 0 Å². The highest BCUT2D eigenvalue weighted by atomic mass is 32.2. The number of carbonyl (C=O) groups excluding carboxylic acids is 1. The van der Waals surface area contributed by atoms with Crippen molar-refractivity contribution in [2.24, 2.45) is 4.99 Å². The van der Waals surface area contributed by atoms with Gasteiger partial charge in [0.1, 0.15) is 17.3 Å². The molecule has 0 aliphatic carbocycles. The van der Waals surface area contributed by atoms with Gasteiger partial charge in [0.25, 0.3) is 0 Å². The van der Waals surface area contributed by atoms with E-state index in [0.29, 0.717) is 24.2 Å². The summed E-state index contributed by atoms with van der Waals surface area (Å²) in [6.07, 6.45) is 1.72. The van der Waals surface area contributed by atoms with Gasteiger partial charge in [0.2, 0.25) is 0 Å². The second kappa shape index (κ2) is 9.11. The average molecular weight is 396 g/mol. The van der Waals surface area contributed by atoms with Crippen LogP contribution in [0.25, 0.3) is 0 Å². The molecule has 0 saturated heterocycles. The summed E-state index contributed by atoms with van der Waals surface area (Å²) in [5.41, 5.74) is 6.52. The van der Waals surface area contributed by atoms with Gasteiger partial charge in [-0.1, -0.05) is 35.9 Å². The first-order chi connectivity index (χ1) is 13.4. The maximum Gasteiger partial charge on any atom is 0.143 e. The summed E-state index contributed by atoms with van der Waals surface area (Å²) >= 11 is 1.59. The Hall–Kier alpha value is -2.53. The van der Waals surface area contributed by atoms with Gasteiger partial charge in [0.15, 0.2) is 0 Å². The monoisotopic (exact) mass is 395 g/mol. The number of thioether (sulfide) groups is 1. The molecule has 2 aromatic carbocycles. The molecule has 0 amide bonds. The fraction of sp³-hybridized carbons (Fsp3) is 0.304. The molecule has 1 heterocycles. The van der Waals surface area contributed by atoms with Crippen LogP contribution in [-0.4, -0.2) is 33.2 Å². The van der Waals surface area contributed by atoms with Gasteiger partial charge >= 0.3 is 0 Å². The lowest BCUT2D eigenvalue weighted by atomic mass is 10.0. The zero-order chi connectivity index (χ0) is 20.1. The average Bonchev–Trinajstić information content (AvgIpc) is 3.02. The summed E-state index contributed by atoms with van der Waals surface area (Å²) in [6, 6.07) is 12.9. The van der Waals surface area contributed by atoms with Gasteiger partial charge < -0.3 is 10.2 Å². The minimum Gasteiger partial charge on any atom is -0.508 e. The molecule has 0 aromatic heterocycles. The SMILES string of the molecule is CC1=C(CSCC(=O)CCc2ccc(O)cc2O)N=C(c2cccc(C)c2)C1. The van der Waals surface area contributed by atoms with E-state index >= 15 is 0 Å². The molecule has 2 aromatic rings. The number of hydrogen-bond acceptors (Lipinski definition) is 5. The van der Waals surface area contributed by atoms with Crippen molar-refractivity contribution in [1.29, 1.82) is 0 Å². The predicted molar refractivity (Wildman–Crippen MR) is 115 cm³/mol. The van der Waals surface area contributed by atoms with Gasteiger partial charge in [-0.15, -0.1) is 11.8 Å². The van der Waals surface area contributed by atoms with Crippen LogP contribution < -0.4 is 0 Å². The Morgan fingerprint density at radius 2 is 1.96 bits per heavy atom. The summed E-state index contributed by atoms with van der Waals surface area (Å²) in [5.74, 6) is 1.37. The van der Waals surface area contributed by atoms with Gasteiger partial charge in [-0.05, 0) is 43.0 Å². The van der Waals surface area contributed by atoms with Gasteiger partial charge in [-0.3, -0.25) is 9.79 Å². The molecule has 0 unspecified atom stereocenters. The van der Waals surface area contributed by atoms with Crippen molar-refractivity contribution in [1.82, 2.24) is 0 Å². The molecule has 0 fully saturated rings. The van der Waals surface area contributed by atoms with Crippen LogP contribution in [0.2, 0.25) is 0 Å². The molecular weight excluding hydrogens is 370 g/mol. The fourth-order valence-electron chi connectivity index (χ4n) is 3.17. The van der Waals surface area contributed by atoms with Crippen molar-refractivity contribution in [2.75, 3.05) is 11.5 Å². The van der Waals surface area contributed by atoms with Crippen molar-refractivity contribution in [3.8, 4) is 11.5 Å². The highest BCUT2D eigenvalue weighted by Gasteiger charge is 2.16. The molecule has 4 nitrogen and oxygen atoms in total. The molecule has 0 spiro atoms. The Labute approximate surface area is 170 Å². The number of phenols is 2. The number of aliphatic imine (C=N–C) groups is 1. The standard InChI is InChI=1S/C23H25NO3S/c1-15-4-3-5-18(10-15)21-11-16(2)22(24-21)14-28-13-20(26)9-7-17-6-8-19(25)12-23(17)27/h3-6,8,10,12,25,27H,7,9,11,13-14H2,1-2H3. The van der Waals surface area contributed by atoms with E-state index in [2.05, 4.69) is 38.1 Å². The molecule has 0 bridgehead atoms. The third-order valence-electron chi connectivity index (χ3n) is 4.79. The maximum absolute atomic E-state index is 12.2. The van der Waals surface area contributed by atoms with Crippen molar-refractivity contribution in [3.63, 3.8) is 0 Å². The molecule has 1 aliphatic rings. The Kier molecular flexibility index (Phi) is 6.57. The van der Waals surface area contributed by atoms with Crippen LogP contribution in [-0.2, 0) is 11.2 Å². The fourth-order valence-corrected chi connectivity index (χ4v) is 4.15. The normalized spacial score (nSPS) is 13.7. The maximum atomic E-state index is 12.2. The van der Waals surface area contributed by atoms with Crippen LogP contribution in [0.3, 0.4) is 0 Å². The Bertz CT molecular complexity index is 947. The first-order valence-electron chi connectivity index (χ1n) is 9.36. The quantitative estimate of drug-likeness (QED) is 0.673. The molecule has 0 atom stereocenters. The second-order valence-corrected chi connectivity index (χ2v) is 8.16. The number of nitrogens with zero attached hydrogens (tertiary/aromatic N) is 1. The summed E-state index contributed by atoms with van der Waals surface area (Å²) in [4.78, 5) is 17.0. The summed E-state index contributed by atoms with van der Waals surface area (Å²) < 4.78 is 0. The van der Waals surface area contributed by atoms with Crippen molar-refractivity contribution in [2.45, 2.75) is 33.1 Å². The van der Waals surface area contributed by atoms with Crippen LogP contribution in [0, 0.1) is 6.92 Å². The molecule has 2 N–H and O–H groups in total. The Morgan fingerprint density at radius 1 is 1.14 bits per heavy atom. The third-order valence-corrected chi connectivity index (χ3v) is 5.79. The highest BCUT2D eigenvalue weighted by Crippen LogP contribution is 2.27. The van der Waals surface area contributed by atoms with E-state index in [1.165, 1.54) is 28.8 Å². The van der Waals surface area contributed by atoms with Crippen LogP contribution in [0.4, 0.5) is 0 Å². The highest BCUT2D eigenvalue weighted by molar-refractivity contribution is 8.00. The second-order valence-electron chi connectivity index (χ2n) is 7.18. The van der Waals surface area contributed by atoms with Crippen LogP contribution in [0.1, 0.15) is 36.5 Å². The lowest BCUT2D eigenvalue weighted by Crippen LogP contribution is -2.04. The Morgan fingerprint density at radius 3 is 2.71 bits per heavy atom. The first-order valence-corrected chi connectivity index (χ1v) is 10.5. The van der Waals surface area contributed by atoms with E-state index in [-0.39, 0.29) is 17.3 Å². The molecule has 1 aliphatic heterocycles. The minimum atomic E-state index is 0.0222. The number of aromatic hydroxyl groups is 2. The molecule has 0 saturated carbocycles. The molecule has 0 radical (unpaired) electrons. The van der Waals surface area contributed by atoms with Crippen molar-refractivity contribution < 1.29 is 15.0 Å². The summed E-state index contributed by atoms with van der Waals surface area (Å²) in [5, 5.41) is 19.1. The molecule has 5 heteroatoms. The van der Waals surface area contributed by atoms with E-state index in [9.17, 15) is 15.0 Å². The van der Waals surface area contributed by atoms with E-state index < -0.39 is 0 Å². The smallest absolute Gasteiger partial charge is 0.143 e. The van der Waals surface area contributed by atoms with Crippen LogP contribution in [0.5, 0.6) is 11.5 Å². The number of aryl methyl sites for hydroxylation is 2. The number of ketones is 1. The number of Topliss-reactive ketones (excluding diaryl/α,β-unsaturated/α-hetero) is 1. The number of allylic oxidation sites excluding steroid dienone is 1. The lowest BCUT2D eigenvalue weighted by Gasteiger charge is -2.05. The van der Waals surface area contributed by atoms with Gasteiger partial charge in [-0.2, -0.15) is 0 Å². The van der Waals surface area contributed by atoms with E-state index in [1.807, 2.05) is 0 Å². The third kappa shape index (κ3) is 5.26. The lowest BCUT2D eigenvalue weighted by molar-refractivity contribution is -0.116. The topological polar surface area (TPSA) is 69.9 Å². The van der Waals surface area contributed by atoms with Gasteiger partial charge in [0.05, 0.1) is 11.5 Å². The number of phenolic OH excluding ortho intramolecular Hbond substituents is 2. The number of carbonyl (C=O) groups is 1. The zero-order valence-corrected chi connectivity index (χ0v) is 17.1. The van der Waals surface area contributed by atoms with Gasteiger partial charge in [0, 0.05) is 30.4 Å². The number of rotatable bonds is 8. The number of hydrogen-bond donors (Lipinski definition) is 2. The zero-order valence-electron chi connectivity index (χ0n) is 16.2.